The number of halogens is 1. The van der Waals surface area contributed by atoms with Gasteiger partial charge in [0.25, 0.3) is 5.56 Å². The molecule has 1 unspecified atom stereocenters. The van der Waals surface area contributed by atoms with Crippen LogP contribution < -0.4 is 10.9 Å². The van der Waals surface area contributed by atoms with E-state index in [9.17, 15) is 9.59 Å². The molecule has 6 nitrogen and oxygen atoms in total. The number of thioether (sulfide) groups is 1. The summed E-state index contributed by atoms with van der Waals surface area (Å²) in [6.45, 7) is 5.98. The largest absolute Gasteiger partial charge is 0.373 e. The topological polar surface area (TPSA) is 84.1 Å². The van der Waals surface area contributed by atoms with Crippen molar-refractivity contribution in [3.8, 4) is 0 Å². The summed E-state index contributed by atoms with van der Waals surface area (Å²) in [7, 11) is 0. The summed E-state index contributed by atoms with van der Waals surface area (Å²) >= 11 is 7.16. The van der Waals surface area contributed by atoms with Crippen molar-refractivity contribution in [2.24, 2.45) is 0 Å². The number of aromatic nitrogens is 2. The molecule has 1 atom stereocenters. The highest BCUT2D eigenvalue weighted by molar-refractivity contribution is 8.00. The van der Waals surface area contributed by atoms with Crippen molar-refractivity contribution in [1.82, 2.24) is 9.97 Å². The molecule has 0 bridgehead atoms. The minimum absolute atomic E-state index is 0.0408. The highest BCUT2D eigenvalue weighted by Crippen LogP contribution is 2.24. The van der Waals surface area contributed by atoms with Crippen LogP contribution in [-0.2, 0) is 16.1 Å². The molecule has 1 heterocycles. The van der Waals surface area contributed by atoms with Crippen molar-refractivity contribution < 1.29 is 9.53 Å². The third-order valence-corrected chi connectivity index (χ3v) is 4.83. The van der Waals surface area contributed by atoms with E-state index >= 15 is 0 Å². The van der Waals surface area contributed by atoms with E-state index in [1.807, 2.05) is 20.8 Å². The minimum Gasteiger partial charge on any atom is -0.373 e. The zero-order valence-corrected chi connectivity index (χ0v) is 16.5. The highest BCUT2D eigenvalue weighted by atomic mass is 35.5. The van der Waals surface area contributed by atoms with E-state index in [0.717, 1.165) is 0 Å². The lowest BCUT2D eigenvalue weighted by Gasteiger charge is -2.15. The van der Waals surface area contributed by atoms with E-state index in [-0.39, 0.29) is 24.2 Å². The van der Waals surface area contributed by atoms with Gasteiger partial charge >= 0.3 is 0 Å². The van der Waals surface area contributed by atoms with Gasteiger partial charge in [0.05, 0.1) is 23.7 Å². The summed E-state index contributed by atoms with van der Waals surface area (Å²) in [6.07, 6.45) is 0.618. The second-order valence-electron chi connectivity index (χ2n) is 5.92. The van der Waals surface area contributed by atoms with Gasteiger partial charge in [0.1, 0.15) is 0 Å². The van der Waals surface area contributed by atoms with Crippen molar-refractivity contribution in [2.45, 2.75) is 50.3 Å². The molecule has 1 aromatic heterocycles. The van der Waals surface area contributed by atoms with Gasteiger partial charge in [-0.3, -0.25) is 9.59 Å². The number of aromatic amines is 1. The van der Waals surface area contributed by atoms with Crippen LogP contribution in [0.3, 0.4) is 0 Å². The van der Waals surface area contributed by atoms with Crippen LogP contribution in [0.2, 0.25) is 5.02 Å². The third kappa shape index (κ3) is 6.48. The van der Waals surface area contributed by atoms with Gasteiger partial charge in [-0.15, -0.1) is 0 Å². The second-order valence-corrected chi connectivity index (χ2v) is 7.54. The highest BCUT2D eigenvalue weighted by Gasteiger charge is 2.20. The zero-order valence-electron chi connectivity index (χ0n) is 14.9. The van der Waals surface area contributed by atoms with Crippen LogP contribution in [0.5, 0.6) is 0 Å². The number of carbonyl (C=O) groups is 1. The molecular weight excluding hydrogens is 374 g/mol. The van der Waals surface area contributed by atoms with Crippen LogP contribution in [0.15, 0.2) is 40.3 Å². The number of H-pyrrole nitrogens is 1. The number of benzene rings is 1. The fourth-order valence-electron chi connectivity index (χ4n) is 2.11. The first-order valence-corrected chi connectivity index (χ1v) is 9.58. The van der Waals surface area contributed by atoms with Crippen molar-refractivity contribution in [1.29, 1.82) is 0 Å². The molecule has 0 saturated carbocycles. The van der Waals surface area contributed by atoms with Gasteiger partial charge in [-0.25, -0.2) is 4.98 Å². The average Bonchev–Trinajstić information content (AvgIpc) is 2.57. The third-order valence-electron chi connectivity index (χ3n) is 3.35. The molecule has 1 aromatic carbocycles. The number of hydrogen-bond acceptors (Lipinski definition) is 5. The number of anilines is 1. The van der Waals surface area contributed by atoms with Gasteiger partial charge in [0.2, 0.25) is 5.91 Å². The number of carbonyl (C=O) groups excluding carboxylic acids is 1. The summed E-state index contributed by atoms with van der Waals surface area (Å²) in [5, 5.41) is 3.38. The molecule has 2 N–H and O–H groups in total. The summed E-state index contributed by atoms with van der Waals surface area (Å²) in [5.74, 6) is -0.175. The number of ether oxygens (including phenoxy) is 1. The van der Waals surface area contributed by atoms with Crippen LogP contribution in [0.25, 0.3) is 0 Å². The Morgan fingerprint density at radius 2 is 2.15 bits per heavy atom. The van der Waals surface area contributed by atoms with Crippen molar-refractivity contribution >= 4 is 35.0 Å². The van der Waals surface area contributed by atoms with E-state index in [0.29, 0.717) is 28.0 Å². The van der Waals surface area contributed by atoms with Crippen LogP contribution in [0.1, 0.15) is 32.9 Å². The van der Waals surface area contributed by atoms with Crippen molar-refractivity contribution in [3.05, 3.63) is 51.4 Å². The van der Waals surface area contributed by atoms with Gasteiger partial charge in [-0.05, 0) is 38.5 Å². The summed E-state index contributed by atoms with van der Waals surface area (Å²) in [5.41, 5.74) is 0.895. The van der Waals surface area contributed by atoms with Crippen LogP contribution >= 0.6 is 23.4 Å². The molecule has 26 heavy (non-hydrogen) atoms. The summed E-state index contributed by atoms with van der Waals surface area (Å²) in [6, 6.07) is 8.36. The van der Waals surface area contributed by atoms with Gasteiger partial charge < -0.3 is 15.0 Å². The van der Waals surface area contributed by atoms with E-state index < -0.39 is 5.25 Å². The Morgan fingerprint density at radius 3 is 2.81 bits per heavy atom. The Labute approximate surface area is 161 Å². The van der Waals surface area contributed by atoms with E-state index in [1.165, 1.54) is 17.8 Å². The molecule has 1 amide bonds. The predicted molar refractivity (Wildman–Crippen MR) is 105 cm³/mol. The Kier molecular flexibility index (Phi) is 7.68. The summed E-state index contributed by atoms with van der Waals surface area (Å²) in [4.78, 5) is 31.4. The van der Waals surface area contributed by atoms with Crippen molar-refractivity contribution in [3.63, 3.8) is 0 Å². The van der Waals surface area contributed by atoms with Gasteiger partial charge in [0.15, 0.2) is 5.16 Å². The lowest BCUT2D eigenvalue weighted by atomic mass is 10.3. The zero-order chi connectivity index (χ0) is 19.1. The Hall–Kier alpha value is -1.83. The van der Waals surface area contributed by atoms with E-state index in [2.05, 4.69) is 15.3 Å². The predicted octanol–water partition coefficient (Wildman–Crippen LogP) is 3.86. The van der Waals surface area contributed by atoms with E-state index in [4.69, 9.17) is 16.3 Å². The minimum atomic E-state index is -0.404. The molecule has 140 valence electrons. The average molecular weight is 396 g/mol. The molecule has 0 saturated heterocycles. The lowest BCUT2D eigenvalue weighted by molar-refractivity contribution is -0.115. The molecular formula is C18H22ClN3O3S. The molecule has 0 fully saturated rings. The molecule has 2 aromatic rings. The van der Waals surface area contributed by atoms with Gasteiger partial charge in [0, 0.05) is 16.8 Å². The number of nitrogens with one attached hydrogen (secondary N) is 2. The van der Waals surface area contributed by atoms with Gasteiger partial charge in [-0.1, -0.05) is 36.4 Å². The van der Waals surface area contributed by atoms with E-state index in [1.54, 1.807) is 24.3 Å². The molecule has 2 rings (SSSR count). The fourth-order valence-corrected chi connectivity index (χ4v) is 3.23. The smallest absolute Gasteiger partial charge is 0.251 e. The molecule has 0 aliphatic carbocycles. The monoisotopic (exact) mass is 395 g/mol. The fraction of sp³-hybridized carbons (Fsp3) is 0.389. The quantitative estimate of drug-likeness (QED) is 0.523. The van der Waals surface area contributed by atoms with Gasteiger partial charge in [-0.2, -0.15) is 0 Å². The first-order valence-electron chi connectivity index (χ1n) is 8.32. The molecule has 0 aliphatic heterocycles. The number of rotatable bonds is 8. The maximum Gasteiger partial charge on any atom is 0.251 e. The first kappa shape index (κ1) is 20.5. The first-order chi connectivity index (χ1) is 12.4. The maximum absolute atomic E-state index is 12.5. The number of amides is 1. The van der Waals surface area contributed by atoms with Crippen LogP contribution in [-0.4, -0.2) is 27.2 Å². The molecule has 8 heteroatoms. The normalized spacial score (nSPS) is 12.2. The van der Waals surface area contributed by atoms with Crippen molar-refractivity contribution in [2.75, 3.05) is 5.32 Å². The number of nitrogens with zero attached hydrogens (tertiary/aromatic N) is 1. The van der Waals surface area contributed by atoms with Crippen LogP contribution in [0.4, 0.5) is 5.69 Å². The SMILES string of the molecule is CCC(Sc1nc(COC(C)C)cc(=O)[nH]1)C(=O)Nc1cccc(Cl)c1. The Morgan fingerprint density at radius 1 is 1.38 bits per heavy atom. The second kappa shape index (κ2) is 9.75. The molecule has 0 radical (unpaired) electrons. The standard InChI is InChI=1S/C18H22ClN3O3S/c1-4-15(17(24)20-13-7-5-6-12(19)8-13)26-18-21-14(9-16(23)22-18)10-25-11(2)3/h5-9,11,15H,4,10H2,1-3H3,(H,20,24)(H,21,22,23). The number of hydrogen-bond donors (Lipinski definition) is 2. The molecule has 0 spiro atoms. The molecule has 0 aliphatic rings. The Balaban J connectivity index is 2.08. The lowest BCUT2D eigenvalue weighted by Crippen LogP contribution is -2.25. The Bertz CT molecular complexity index is 810. The van der Waals surface area contributed by atoms with Crippen LogP contribution in [0, 0.1) is 0 Å². The maximum atomic E-state index is 12.5. The summed E-state index contributed by atoms with van der Waals surface area (Å²) < 4.78 is 5.49.